The number of halogens is 3. The van der Waals surface area contributed by atoms with Crippen molar-refractivity contribution in [3.8, 4) is 0 Å². The van der Waals surface area contributed by atoms with Gasteiger partial charge in [-0.3, -0.25) is 4.72 Å². The van der Waals surface area contributed by atoms with Crippen LogP contribution in [0.25, 0.3) is 0 Å². The average molecular weight is 380 g/mol. The highest BCUT2D eigenvalue weighted by Gasteiger charge is 2.23. The molecule has 0 aliphatic rings. The van der Waals surface area contributed by atoms with Crippen molar-refractivity contribution in [2.24, 2.45) is 0 Å². The minimum atomic E-state index is -4.15. The second-order valence-electron chi connectivity index (χ2n) is 3.87. The van der Waals surface area contributed by atoms with Crippen molar-refractivity contribution < 1.29 is 12.8 Å². The number of nitrogen functional groups attached to an aromatic ring is 1. The lowest BCUT2D eigenvalue weighted by molar-refractivity contribution is 0.572. The van der Waals surface area contributed by atoms with Crippen LogP contribution in [0.5, 0.6) is 0 Å². The van der Waals surface area contributed by atoms with Crippen molar-refractivity contribution in [1.29, 1.82) is 0 Å². The standard InChI is InChI=1S/C12H9BrClFN2O2S/c13-11-7(14)3-1-6-10(11)17-20(18,19)12-8(15)4-2-5-9(12)16/h1-6,17H,16H2. The Bertz CT molecular complexity index is 748. The molecule has 0 aromatic heterocycles. The average Bonchev–Trinajstić information content (AvgIpc) is 2.34. The second-order valence-corrected chi connectivity index (χ2v) is 6.68. The lowest BCUT2D eigenvalue weighted by Gasteiger charge is -2.12. The lowest BCUT2D eigenvalue weighted by Crippen LogP contribution is -2.16. The first kappa shape index (κ1) is 15.1. The summed E-state index contributed by atoms with van der Waals surface area (Å²) in [5.41, 5.74) is 5.56. The fourth-order valence-electron chi connectivity index (χ4n) is 1.59. The van der Waals surface area contributed by atoms with Gasteiger partial charge in [0.15, 0.2) is 0 Å². The Kier molecular flexibility index (Phi) is 4.22. The van der Waals surface area contributed by atoms with Crippen molar-refractivity contribution in [1.82, 2.24) is 0 Å². The molecular weight excluding hydrogens is 371 g/mol. The molecule has 0 spiro atoms. The Labute approximate surface area is 128 Å². The molecule has 0 unspecified atom stereocenters. The van der Waals surface area contributed by atoms with E-state index >= 15 is 0 Å². The maximum Gasteiger partial charge on any atom is 0.266 e. The molecule has 2 aromatic carbocycles. The molecule has 0 heterocycles. The van der Waals surface area contributed by atoms with Crippen molar-refractivity contribution in [2.75, 3.05) is 10.5 Å². The number of anilines is 2. The van der Waals surface area contributed by atoms with Crippen LogP contribution in [0.4, 0.5) is 15.8 Å². The summed E-state index contributed by atoms with van der Waals surface area (Å²) in [7, 11) is -4.15. The summed E-state index contributed by atoms with van der Waals surface area (Å²) >= 11 is 9.03. The molecule has 2 rings (SSSR count). The largest absolute Gasteiger partial charge is 0.398 e. The molecular formula is C12H9BrClFN2O2S. The van der Waals surface area contributed by atoms with Crippen molar-refractivity contribution in [3.63, 3.8) is 0 Å². The van der Waals surface area contributed by atoms with Crippen LogP contribution in [0.15, 0.2) is 45.8 Å². The Hall–Kier alpha value is -1.31. The minimum Gasteiger partial charge on any atom is -0.398 e. The summed E-state index contributed by atoms with van der Waals surface area (Å²) in [6.45, 7) is 0. The van der Waals surface area contributed by atoms with Crippen molar-refractivity contribution in [3.05, 3.63) is 51.7 Å². The molecule has 4 nitrogen and oxygen atoms in total. The molecule has 0 atom stereocenters. The van der Waals surface area contributed by atoms with E-state index in [9.17, 15) is 12.8 Å². The third kappa shape index (κ3) is 2.89. The zero-order chi connectivity index (χ0) is 14.9. The zero-order valence-corrected chi connectivity index (χ0v) is 13.1. The van der Waals surface area contributed by atoms with E-state index in [0.717, 1.165) is 6.07 Å². The van der Waals surface area contributed by atoms with Gasteiger partial charge in [0, 0.05) is 0 Å². The first-order valence-electron chi connectivity index (χ1n) is 5.34. The second kappa shape index (κ2) is 5.59. The predicted octanol–water partition coefficient (Wildman–Crippen LogP) is 3.62. The number of hydrogen-bond acceptors (Lipinski definition) is 3. The molecule has 20 heavy (non-hydrogen) atoms. The third-order valence-electron chi connectivity index (χ3n) is 2.46. The fraction of sp³-hybridized carbons (Fsp3) is 0. The molecule has 0 saturated carbocycles. The van der Waals surface area contributed by atoms with Gasteiger partial charge in [-0.25, -0.2) is 12.8 Å². The minimum absolute atomic E-state index is 0.171. The smallest absolute Gasteiger partial charge is 0.266 e. The van der Waals surface area contributed by atoms with E-state index in [0.29, 0.717) is 9.50 Å². The van der Waals surface area contributed by atoms with Gasteiger partial charge in [-0.2, -0.15) is 0 Å². The zero-order valence-electron chi connectivity index (χ0n) is 9.90. The topological polar surface area (TPSA) is 72.2 Å². The van der Waals surface area contributed by atoms with E-state index in [1.54, 1.807) is 12.1 Å². The first-order chi connectivity index (χ1) is 9.33. The monoisotopic (exact) mass is 378 g/mol. The fourth-order valence-corrected chi connectivity index (χ4v) is 3.52. The number of sulfonamides is 1. The predicted molar refractivity (Wildman–Crippen MR) is 80.8 cm³/mol. The van der Waals surface area contributed by atoms with Gasteiger partial charge in [0.1, 0.15) is 10.7 Å². The highest BCUT2D eigenvalue weighted by molar-refractivity contribution is 9.10. The van der Waals surface area contributed by atoms with Gasteiger partial charge in [-0.05, 0) is 40.2 Å². The van der Waals surface area contributed by atoms with Crippen LogP contribution in [0.2, 0.25) is 5.02 Å². The van der Waals surface area contributed by atoms with Gasteiger partial charge in [0.25, 0.3) is 10.0 Å². The normalized spacial score (nSPS) is 11.3. The third-order valence-corrected chi connectivity index (χ3v) is 5.32. The molecule has 0 radical (unpaired) electrons. The SMILES string of the molecule is Nc1cccc(F)c1S(=O)(=O)Nc1cccc(Cl)c1Br. The van der Waals surface area contributed by atoms with E-state index in [4.69, 9.17) is 17.3 Å². The molecule has 3 N–H and O–H groups in total. The molecule has 0 amide bonds. The Morgan fingerprint density at radius 3 is 2.50 bits per heavy atom. The molecule has 8 heteroatoms. The van der Waals surface area contributed by atoms with Crippen LogP contribution in [-0.2, 0) is 10.0 Å². The van der Waals surface area contributed by atoms with Crippen LogP contribution < -0.4 is 10.5 Å². The quantitative estimate of drug-likeness (QED) is 0.800. The number of hydrogen-bond donors (Lipinski definition) is 2. The Morgan fingerprint density at radius 2 is 1.85 bits per heavy atom. The Morgan fingerprint density at radius 1 is 1.20 bits per heavy atom. The van der Waals surface area contributed by atoms with Gasteiger partial charge < -0.3 is 5.73 Å². The van der Waals surface area contributed by atoms with E-state index in [-0.39, 0.29) is 11.4 Å². The number of benzene rings is 2. The summed E-state index contributed by atoms with van der Waals surface area (Å²) in [6.07, 6.45) is 0. The van der Waals surface area contributed by atoms with E-state index in [1.165, 1.54) is 18.2 Å². The van der Waals surface area contributed by atoms with E-state index in [2.05, 4.69) is 20.7 Å². The molecule has 0 aliphatic carbocycles. The number of nitrogens with one attached hydrogen (secondary N) is 1. The molecule has 0 fully saturated rings. The molecule has 2 aromatic rings. The summed E-state index contributed by atoms with van der Waals surface area (Å²) in [5.74, 6) is -0.921. The van der Waals surface area contributed by atoms with E-state index in [1.807, 2.05) is 0 Å². The van der Waals surface area contributed by atoms with E-state index < -0.39 is 20.7 Å². The lowest BCUT2D eigenvalue weighted by atomic mass is 10.3. The molecule has 106 valence electrons. The molecule has 0 aliphatic heterocycles. The van der Waals surface area contributed by atoms with Gasteiger partial charge in [-0.1, -0.05) is 23.7 Å². The maximum atomic E-state index is 13.7. The molecule has 0 bridgehead atoms. The van der Waals surface area contributed by atoms with Crippen LogP contribution in [0.3, 0.4) is 0 Å². The van der Waals surface area contributed by atoms with Crippen molar-refractivity contribution in [2.45, 2.75) is 4.90 Å². The maximum absolute atomic E-state index is 13.7. The van der Waals surface area contributed by atoms with Crippen LogP contribution in [-0.4, -0.2) is 8.42 Å². The van der Waals surface area contributed by atoms with Crippen LogP contribution >= 0.6 is 27.5 Å². The summed E-state index contributed by atoms with van der Waals surface area (Å²) in [5, 5.41) is 0.326. The summed E-state index contributed by atoms with van der Waals surface area (Å²) in [4.78, 5) is -0.591. The van der Waals surface area contributed by atoms with Crippen LogP contribution in [0, 0.1) is 5.82 Å². The number of nitrogens with two attached hydrogens (primary N) is 1. The van der Waals surface area contributed by atoms with Gasteiger partial charge >= 0.3 is 0 Å². The van der Waals surface area contributed by atoms with Gasteiger partial charge in [0.05, 0.1) is 20.9 Å². The molecule has 0 saturated heterocycles. The van der Waals surface area contributed by atoms with Crippen molar-refractivity contribution >= 4 is 48.9 Å². The highest BCUT2D eigenvalue weighted by Crippen LogP contribution is 2.32. The highest BCUT2D eigenvalue weighted by atomic mass is 79.9. The summed E-state index contributed by atoms with van der Waals surface area (Å²) in [6, 6.07) is 8.31. The first-order valence-corrected chi connectivity index (χ1v) is 7.99. The van der Waals surface area contributed by atoms with Gasteiger partial charge in [0.2, 0.25) is 0 Å². The summed E-state index contributed by atoms with van der Waals surface area (Å²) < 4.78 is 40.7. The van der Waals surface area contributed by atoms with Crippen LogP contribution in [0.1, 0.15) is 0 Å². The van der Waals surface area contributed by atoms with Gasteiger partial charge in [-0.15, -0.1) is 0 Å². The number of rotatable bonds is 3. The Balaban J connectivity index is 2.50.